The highest BCUT2D eigenvalue weighted by Gasteiger charge is 2.24. The van der Waals surface area contributed by atoms with Gasteiger partial charge in [0, 0.05) is 19.1 Å². The summed E-state index contributed by atoms with van der Waals surface area (Å²) in [6.07, 6.45) is 2.38. The zero-order chi connectivity index (χ0) is 9.97. The normalized spacial score (nSPS) is 21.6. The molecular weight excluding hydrogens is 176 g/mol. The van der Waals surface area contributed by atoms with E-state index in [4.69, 9.17) is 5.73 Å². The van der Waals surface area contributed by atoms with E-state index in [1.54, 1.807) is 0 Å². The Labute approximate surface area is 84.1 Å². The Balaban J connectivity index is 2.17. The van der Waals surface area contributed by atoms with Crippen molar-refractivity contribution in [1.29, 1.82) is 0 Å². The molecule has 2 rings (SSSR count). The van der Waals surface area contributed by atoms with Crippen LogP contribution in [0.1, 0.15) is 18.5 Å². The van der Waals surface area contributed by atoms with Gasteiger partial charge in [0.1, 0.15) is 0 Å². The molecule has 14 heavy (non-hydrogen) atoms. The maximum absolute atomic E-state index is 5.70. The van der Waals surface area contributed by atoms with Gasteiger partial charge in [-0.15, -0.1) is 5.10 Å². The first kappa shape index (κ1) is 9.40. The summed E-state index contributed by atoms with van der Waals surface area (Å²) < 4.78 is 0. The highest BCUT2D eigenvalue weighted by atomic mass is 15.3. The minimum Gasteiger partial charge on any atom is -0.351 e. The number of nitrogens with two attached hydrogens (primary N) is 1. The lowest BCUT2D eigenvalue weighted by molar-refractivity contribution is 0.667. The molecule has 0 bridgehead atoms. The molecule has 1 aliphatic heterocycles. The summed E-state index contributed by atoms with van der Waals surface area (Å²) >= 11 is 0. The molecule has 0 saturated carbocycles. The van der Waals surface area contributed by atoms with Crippen molar-refractivity contribution in [1.82, 2.24) is 10.2 Å². The predicted molar refractivity (Wildman–Crippen MR) is 56.2 cm³/mol. The zero-order valence-electron chi connectivity index (χ0n) is 8.48. The Kier molecular flexibility index (Phi) is 2.63. The van der Waals surface area contributed by atoms with Crippen LogP contribution in [-0.2, 0) is 0 Å². The lowest BCUT2D eigenvalue weighted by atomic mass is 10.2. The molecule has 1 saturated heterocycles. The number of aryl methyl sites for hydroxylation is 1. The minimum atomic E-state index is 0.451. The van der Waals surface area contributed by atoms with Crippen molar-refractivity contribution >= 4 is 5.82 Å². The first-order valence-corrected chi connectivity index (χ1v) is 5.08. The zero-order valence-corrected chi connectivity index (χ0v) is 8.48. The lowest BCUT2D eigenvalue weighted by Crippen LogP contribution is -2.36. The molecule has 1 atom stereocenters. The molecule has 4 heteroatoms. The molecule has 2 heterocycles. The Morgan fingerprint density at radius 3 is 3.00 bits per heavy atom. The van der Waals surface area contributed by atoms with Crippen LogP contribution in [0.3, 0.4) is 0 Å². The average molecular weight is 192 g/mol. The number of hydrogen-bond acceptors (Lipinski definition) is 4. The first-order chi connectivity index (χ1) is 6.81. The molecule has 2 N–H and O–H groups in total. The van der Waals surface area contributed by atoms with Crippen LogP contribution in [0.25, 0.3) is 0 Å². The summed E-state index contributed by atoms with van der Waals surface area (Å²) in [7, 11) is 0. The SMILES string of the molecule is Cc1ccc(N2CCCC2CN)nn1. The largest absolute Gasteiger partial charge is 0.351 e. The van der Waals surface area contributed by atoms with Gasteiger partial charge in [-0.3, -0.25) is 0 Å². The van der Waals surface area contributed by atoms with Crippen LogP contribution in [0, 0.1) is 6.92 Å². The third-order valence-electron chi connectivity index (χ3n) is 2.73. The third kappa shape index (κ3) is 1.70. The fourth-order valence-corrected chi connectivity index (χ4v) is 1.93. The third-order valence-corrected chi connectivity index (χ3v) is 2.73. The van der Waals surface area contributed by atoms with Gasteiger partial charge >= 0.3 is 0 Å². The van der Waals surface area contributed by atoms with Crippen molar-refractivity contribution in [2.45, 2.75) is 25.8 Å². The lowest BCUT2D eigenvalue weighted by Gasteiger charge is -2.23. The fraction of sp³-hybridized carbons (Fsp3) is 0.600. The van der Waals surface area contributed by atoms with E-state index in [-0.39, 0.29) is 0 Å². The second kappa shape index (κ2) is 3.92. The first-order valence-electron chi connectivity index (χ1n) is 5.08. The van der Waals surface area contributed by atoms with Gasteiger partial charge in [0.05, 0.1) is 5.69 Å². The summed E-state index contributed by atoms with van der Waals surface area (Å²) in [5.41, 5.74) is 6.66. The summed E-state index contributed by atoms with van der Waals surface area (Å²) in [6, 6.07) is 4.47. The predicted octanol–water partition coefficient (Wildman–Crippen LogP) is 0.713. The van der Waals surface area contributed by atoms with E-state index in [0.717, 1.165) is 18.1 Å². The van der Waals surface area contributed by atoms with Crippen molar-refractivity contribution in [3.8, 4) is 0 Å². The molecule has 0 aromatic carbocycles. The minimum absolute atomic E-state index is 0.451. The Morgan fingerprint density at radius 2 is 2.36 bits per heavy atom. The van der Waals surface area contributed by atoms with Crippen LogP contribution in [0.15, 0.2) is 12.1 Å². The van der Waals surface area contributed by atoms with Gasteiger partial charge in [0.15, 0.2) is 5.82 Å². The van der Waals surface area contributed by atoms with Gasteiger partial charge in [-0.25, -0.2) is 0 Å². The van der Waals surface area contributed by atoms with Crippen molar-refractivity contribution < 1.29 is 0 Å². The summed E-state index contributed by atoms with van der Waals surface area (Å²) in [5, 5.41) is 8.24. The Morgan fingerprint density at radius 1 is 1.50 bits per heavy atom. The summed E-state index contributed by atoms with van der Waals surface area (Å²) in [5.74, 6) is 0.962. The van der Waals surface area contributed by atoms with Gasteiger partial charge in [0.25, 0.3) is 0 Å². The van der Waals surface area contributed by atoms with Crippen LogP contribution >= 0.6 is 0 Å². The van der Waals surface area contributed by atoms with Crippen LogP contribution in [-0.4, -0.2) is 29.3 Å². The molecule has 0 amide bonds. The molecule has 76 valence electrons. The van der Waals surface area contributed by atoms with Crippen molar-refractivity contribution in [3.05, 3.63) is 17.8 Å². The van der Waals surface area contributed by atoms with Crippen molar-refractivity contribution in [3.63, 3.8) is 0 Å². The maximum Gasteiger partial charge on any atom is 0.151 e. The monoisotopic (exact) mass is 192 g/mol. The average Bonchev–Trinajstić information content (AvgIpc) is 2.67. The van der Waals surface area contributed by atoms with Gasteiger partial charge in [0.2, 0.25) is 0 Å². The van der Waals surface area contributed by atoms with Crippen molar-refractivity contribution in [2.75, 3.05) is 18.0 Å². The van der Waals surface area contributed by atoms with Gasteiger partial charge in [-0.05, 0) is 31.9 Å². The van der Waals surface area contributed by atoms with E-state index in [1.807, 2.05) is 19.1 Å². The van der Waals surface area contributed by atoms with E-state index in [9.17, 15) is 0 Å². The number of rotatable bonds is 2. The molecule has 4 nitrogen and oxygen atoms in total. The maximum atomic E-state index is 5.70. The quantitative estimate of drug-likeness (QED) is 0.750. The molecule has 1 aromatic heterocycles. The molecule has 1 unspecified atom stereocenters. The number of hydrogen-bond donors (Lipinski definition) is 1. The van der Waals surface area contributed by atoms with Crippen LogP contribution in [0.2, 0.25) is 0 Å². The van der Waals surface area contributed by atoms with Crippen LogP contribution < -0.4 is 10.6 Å². The molecule has 1 fully saturated rings. The molecule has 0 aliphatic carbocycles. The van der Waals surface area contributed by atoms with Crippen LogP contribution in [0.4, 0.5) is 5.82 Å². The topological polar surface area (TPSA) is 55.0 Å². The van der Waals surface area contributed by atoms with E-state index in [2.05, 4.69) is 15.1 Å². The van der Waals surface area contributed by atoms with Crippen LogP contribution in [0.5, 0.6) is 0 Å². The smallest absolute Gasteiger partial charge is 0.151 e. The second-order valence-corrected chi connectivity index (χ2v) is 3.76. The summed E-state index contributed by atoms with van der Waals surface area (Å²) in [6.45, 7) is 3.70. The fourth-order valence-electron chi connectivity index (χ4n) is 1.93. The van der Waals surface area contributed by atoms with Gasteiger partial charge in [-0.1, -0.05) is 0 Å². The molecule has 0 radical (unpaired) electrons. The molecular formula is C10H16N4. The highest BCUT2D eigenvalue weighted by molar-refractivity contribution is 5.40. The Bertz CT molecular complexity index is 295. The standard InChI is InChI=1S/C10H16N4/c1-8-4-5-10(13-12-8)14-6-2-3-9(14)7-11/h4-5,9H,2-3,6-7,11H2,1H3. The molecule has 1 aromatic rings. The van der Waals surface area contributed by atoms with Gasteiger partial charge in [-0.2, -0.15) is 5.10 Å². The number of anilines is 1. The van der Waals surface area contributed by atoms with E-state index in [0.29, 0.717) is 12.6 Å². The van der Waals surface area contributed by atoms with E-state index >= 15 is 0 Å². The van der Waals surface area contributed by atoms with E-state index < -0.39 is 0 Å². The van der Waals surface area contributed by atoms with E-state index in [1.165, 1.54) is 12.8 Å². The number of nitrogens with zero attached hydrogens (tertiary/aromatic N) is 3. The van der Waals surface area contributed by atoms with Gasteiger partial charge < -0.3 is 10.6 Å². The number of aromatic nitrogens is 2. The highest BCUT2D eigenvalue weighted by Crippen LogP contribution is 2.22. The molecule has 0 spiro atoms. The van der Waals surface area contributed by atoms with Crippen molar-refractivity contribution in [2.24, 2.45) is 5.73 Å². The Hall–Kier alpha value is -1.16. The molecule has 1 aliphatic rings. The second-order valence-electron chi connectivity index (χ2n) is 3.76. The summed E-state index contributed by atoms with van der Waals surface area (Å²) in [4.78, 5) is 2.26.